The van der Waals surface area contributed by atoms with E-state index in [0.29, 0.717) is 16.9 Å². The Labute approximate surface area is 135 Å². The first-order valence-electron chi connectivity index (χ1n) is 7.25. The van der Waals surface area contributed by atoms with Crippen molar-refractivity contribution < 1.29 is 17.9 Å². The molecule has 24 heavy (non-hydrogen) atoms. The summed E-state index contributed by atoms with van der Waals surface area (Å²) in [6, 6.07) is 7.33. The van der Waals surface area contributed by atoms with E-state index in [-0.39, 0.29) is 11.7 Å². The summed E-state index contributed by atoms with van der Waals surface area (Å²) < 4.78 is 42.3. The van der Waals surface area contributed by atoms with E-state index in [2.05, 4.69) is 14.9 Å². The summed E-state index contributed by atoms with van der Waals surface area (Å²) >= 11 is 0. The van der Waals surface area contributed by atoms with E-state index in [1.54, 1.807) is 22.6 Å². The number of ether oxygens (including phenoxy) is 1. The Morgan fingerprint density at radius 1 is 1.08 bits per heavy atom. The van der Waals surface area contributed by atoms with Crippen LogP contribution in [0.15, 0.2) is 36.5 Å². The van der Waals surface area contributed by atoms with Crippen LogP contribution in [0, 0.1) is 0 Å². The number of fused-ring (bicyclic) bond motifs is 1. The summed E-state index contributed by atoms with van der Waals surface area (Å²) in [6.07, 6.45) is -2.89. The molecule has 0 saturated carbocycles. The molecule has 0 aliphatic carbocycles. The number of hydrogen-bond acceptors (Lipinski definition) is 4. The largest absolute Gasteiger partial charge is 0.573 e. The van der Waals surface area contributed by atoms with E-state index in [4.69, 9.17) is 5.73 Å². The van der Waals surface area contributed by atoms with Gasteiger partial charge in [0.2, 0.25) is 0 Å². The molecule has 2 heterocycles. The van der Waals surface area contributed by atoms with Crippen LogP contribution in [-0.2, 0) is 0 Å². The number of nitrogens with two attached hydrogens (primary N) is 1. The Hall–Kier alpha value is -2.77. The van der Waals surface area contributed by atoms with Crippen LogP contribution in [0.25, 0.3) is 16.8 Å². The second-order valence-corrected chi connectivity index (χ2v) is 5.66. The van der Waals surface area contributed by atoms with Gasteiger partial charge in [0, 0.05) is 17.7 Å². The van der Waals surface area contributed by atoms with Gasteiger partial charge in [-0.2, -0.15) is 0 Å². The minimum atomic E-state index is -4.71. The highest BCUT2D eigenvalue weighted by Crippen LogP contribution is 2.29. The number of pyridine rings is 1. The number of alkyl halides is 3. The van der Waals surface area contributed by atoms with Crippen molar-refractivity contribution in [2.24, 2.45) is 0 Å². The average Bonchev–Trinajstić information content (AvgIpc) is 2.91. The number of rotatable bonds is 3. The molecule has 0 spiro atoms. The molecule has 3 rings (SSSR count). The first kappa shape index (κ1) is 16.1. The molecule has 1 aromatic carbocycles. The molecule has 126 valence electrons. The predicted octanol–water partition coefficient (Wildman–Crippen LogP) is 4.00. The molecule has 0 saturated heterocycles. The van der Waals surface area contributed by atoms with Gasteiger partial charge in [-0.25, -0.2) is 0 Å². The lowest BCUT2D eigenvalue weighted by molar-refractivity contribution is -0.274. The number of nitrogen functional groups attached to an aromatic ring is 1. The van der Waals surface area contributed by atoms with Crippen molar-refractivity contribution in [1.82, 2.24) is 14.6 Å². The van der Waals surface area contributed by atoms with Crippen molar-refractivity contribution in [1.29, 1.82) is 0 Å². The Morgan fingerprint density at radius 3 is 2.33 bits per heavy atom. The monoisotopic (exact) mass is 336 g/mol. The zero-order chi connectivity index (χ0) is 17.5. The Bertz CT molecular complexity index is 869. The van der Waals surface area contributed by atoms with Gasteiger partial charge in [0.25, 0.3) is 0 Å². The van der Waals surface area contributed by atoms with E-state index in [9.17, 15) is 13.2 Å². The number of nitrogens with zero attached hydrogens (tertiary/aromatic N) is 3. The predicted molar refractivity (Wildman–Crippen MR) is 83.6 cm³/mol. The van der Waals surface area contributed by atoms with Crippen molar-refractivity contribution in [2.45, 2.75) is 26.1 Å². The van der Waals surface area contributed by atoms with Crippen molar-refractivity contribution in [3.8, 4) is 16.9 Å². The van der Waals surface area contributed by atoms with Crippen LogP contribution < -0.4 is 10.5 Å². The lowest BCUT2D eigenvalue weighted by Gasteiger charge is -2.10. The van der Waals surface area contributed by atoms with E-state index in [1.165, 1.54) is 12.1 Å². The highest BCUT2D eigenvalue weighted by atomic mass is 19.4. The van der Waals surface area contributed by atoms with Crippen LogP contribution in [0.3, 0.4) is 0 Å². The molecule has 0 aliphatic heterocycles. The molecule has 0 unspecified atom stereocenters. The van der Waals surface area contributed by atoms with Gasteiger partial charge >= 0.3 is 6.36 Å². The van der Waals surface area contributed by atoms with Crippen LogP contribution >= 0.6 is 0 Å². The minimum absolute atomic E-state index is 0.150. The summed E-state index contributed by atoms with van der Waals surface area (Å²) in [6.45, 7) is 3.98. The number of hydrogen-bond donors (Lipinski definition) is 1. The van der Waals surface area contributed by atoms with Crippen LogP contribution in [-0.4, -0.2) is 21.0 Å². The molecular weight excluding hydrogens is 321 g/mol. The third kappa shape index (κ3) is 3.12. The Balaban J connectivity index is 2.01. The molecule has 3 aromatic rings. The van der Waals surface area contributed by atoms with E-state index < -0.39 is 6.36 Å². The Kier molecular flexibility index (Phi) is 3.82. The Morgan fingerprint density at radius 2 is 1.75 bits per heavy atom. The maximum Gasteiger partial charge on any atom is 0.573 e. The number of benzene rings is 1. The summed E-state index contributed by atoms with van der Waals surface area (Å²) in [5.74, 6) is 0.639. The molecule has 0 aliphatic rings. The van der Waals surface area contributed by atoms with Gasteiger partial charge in [0.15, 0.2) is 5.65 Å². The van der Waals surface area contributed by atoms with Gasteiger partial charge in [0.05, 0.1) is 5.69 Å². The van der Waals surface area contributed by atoms with Gasteiger partial charge in [-0.15, -0.1) is 23.4 Å². The van der Waals surface area contributed by atoms with Crippen LogP contribution in [0.1, 0.15) is 25.6 Å². The van der Waals surface area contributed by atoms with Gasteiger partial charge in [-0.3, -0.25) is 4.40 Å². The van der Waals surface area contributed by atoms with Crippen LogP contribution in [0.5, 0.6) is 5.75 Å². The van der Waals surface area contributed by atoms with Crippen molar-refractivity contribution >= 4 is 11.3 Å². The molecule has 0 atom stereocenters. The summed E-state index contributed by atoms with van der Waals surface area (Å²) in [4.78, 5) is 0. The minimum Gasteiger partial charge on any atom is -0.406 e. The van der Waals surface area contributed by atoms with Crippen molar-refractivity contribution in [2.75, 3.05) is 5.73 Å². The smallest absolute Gasteiger partial charge is 0.406 e. The number of halogens is 3. The lowest BCUT2D eigenvalue weighted by Crippen LogP contribution is -2.16. The fraction of sp³-hybridized carbons (Fsp3) is 0.250. The summed E-state index contributed by atoms with van der Waals surface area (Å²) in [5.41, 5.74) is 8.49. The molecule has 2 aromatic heterocycles. The highest BCUT2D eigenvalue weighted by molar-refractivity contribution is 5.74. The maximum atomic E-state index is 12.2. The van der Waals surface area contributed by atoms with Gasteiger partial charge in [0.1, 0.15) is 11.6 Å². The van der Waals surface area contributed by atoms with Gasteiger partial charge in [-0.05, 0) is 23.8 Å². The van der Waals surface area contributed by atoms with Crippen molar-refractivity contribution in [3.63, 3.8) is 0 Å². The topological polar surface area (TPSA) is 65.4 Å². The zero-order valence-corrected chi connectivity index (χ0v) is 13.0. The van der Waals surface area contributed by atoms with Crippen LogP contribution in [0.2, 0.25) is 0 Å². The SMILES string of the molecule is CC(C)c1nnc2c(N)cc(-c3ccc(OC(F)(F)F)cc3)cn12. The first-order valence-corrected chi connectivity index (χ1v) is 7.25. The second kappa shape index (κ2) is 5.70. The lowest BCUT2D eigenvalue weighted by atomic mass is 10.1. The number of anilines is 1. The van der Waals surface area contributed by atoms with Gasteiger partial charge < -0.3 is 10.5 Å². The molecule has 8 heteroatoms. The van der Waals surface area contributed by atoms with E-state index in [0.717, 1.165) is 11.4 Å². The average molecular weight is 336 g/mol. The second-order valence-electron chi connectivity index (χ2n) is 5.66. The molecular formula is C16H15F3N4O. The quantitative estimate of drug-likeness (QED) is 0.785. The standard InChI is InChI=1S/C16H15F3N4O/c1-9(2)14-21-22-15-13(20)7-11(8-23(14)15)10-3-5-12(6-4-10)24-16(17,18)19/h3-9H,20H2,1-2H3. The molecule has 5 nitrogen and oxygen atoms in total. The van der Waals surface area contributed by atoms with E-state index in [1.807, 2.05) is 20.0 Å². The first-order chi connectivity index (χ1) is 11.2. The molecule has 0 bridgehead atoms. The van der Waals surface area contributed by atoms with Crippen molar-refractivity contribution in [3.05, 3.63) is 42.4 Å². The normalized spacial score (nSPS) is 12.1. The van der Waals surface area contributed by atoms with Crippen LogP contribution in [0.4, 0.5) is 18.9 Å². The van der Waals surface area contributed by atoms with E-state index >= 15 is 0 Å². The highest BCUT2D eigenvalue weighted by Gasteiger charge is 2.31. The summed E-state index contributed by atoms with van der Waals surface area (Å²) in [7, 11) is 0. The fourth-order valence-corrected chi connectivity index (χ4v) is 2.44. The fourth-order valence-electron chi connectivity index (χ4n) is 2.44. The number of aromatic nitrogens is 3. The molecule has 0 fully saturated rings. The molecule has 0 amide bonds. The third-order valence-corrected chi connectivity index (χ3v) is 3.50. The molecule has 2 N–H and O–H groups in total. The molecule has 0 radical (unpaired) electrons. The maximum absolute atomic E-state index is 12.2. The van der Waals surface area contributed by atoms with Gasteiger partial charge in [-0.1, -0.05) is 26.0 Å². The summed E-state index contributed by atoms with van der Waals surface area (Å²) in [5, 5.41) is 8.20. The zero-order valence-electron chi connectivity index (χ0n) is 13.0. The third-order valence-electron chi connectivity index (χ3n) is 3.50.